The molecule has 1 atom stereocenters. The van der Waals surface area contributed by atoms with Crippen molar-refractivity contribution in [2.75, 3.05) is 0 Å². The molecule has 0 bridgehead atoms. The standard InChI is InChI=1S/C24H24ClN5O3/c1-3-4-10-19-27-22(31)21(24(32)30(19)15(2)16-8-6-5-7-9-16)23-29-28-20(33-23)13-18-12-11-17(25)14-26-18/h5-9,11-12,14-15,31H,3-4,10,13H2,1-2H3/t15-/m1/s1. The molecule has 3 heterocycles. The van der Waals surface area contributed by atoms with E-state index in [4.69, 9.17) is 16.0 Å². The van der Waals surface area contributed by atoms with E-state index in [1.54, 1.807) is 16.7 Å². The lowest BCUT2D eigenvalue weighted by molar-refractivity contribution is 0.431. The van der Waals surface area contributed by atoms with Crippen LogP contribution in [0.25, 0.3) is 11.5 Å². The molecule has 0 saturated carbocycles. The smallest absolute Gasteiger partial charge is 0.270 e. The lowest BCUT2D eigenvalue weighted by Crippen LogP contribution is -2.30. The molecule has 0 radical (unpaired) electrons. The van der Waals surface area contributed by atoms with Crippen LogP contribution < -0.4 is 5.56 Å². The van der Waals surface area contributed by atoms with Crippen molar-refractivity contribution in [3.8, 4) is 17.3 Å². The number of halogens is 1. The Morgan fingerprint density at radius 2 is 1.94 bits per heavy atom. The molecular weight excluding hydrogens is 442 g/mol. The molecule has 33 heavy (non-hydrogen) atoms. The summed E-state index contributed by atoms with van der Waals surface area (Å²) in [6.07, 6.45) is 4.13. The van der Waals surface area contributed by atoms with Gasteiger partial charge in [-0.25, -0.2) is 0 Å². The van der Waals surface area contributed by atoms with Gasteiger partial charge in [-0.1, -0.05) is 55.3 Å². The lowest BCUT2D eigenvalue weighted by atomic mass is 10.1. The molecule has 4 rings (SSSR count). The van der Waals surface area contributed by atoms with Crippen molar-refractivity contribution in [1.29, 1.82) is 0 Å². The predicted octanol–water partition coefficient (Wildman–Crippen LogP) is 4.59. The van der Waals surface area contributed by atoms with Gasteiger partial charge >= 0.3 is 0 Å². The summed E-state index contributed by atoms with van der Waals surface area (Å²) in [4.78, 5) is 22.2. The average molecular weight is 466 g/mol. The predicted molar refractivity (Wildman–Crippen MR) is 124 cm³/mol. The molecule has 0 spiro atoms. The van der Waals surface area contributed by atoms with Crippen LogP contribution in [0.4, 0.5) is 0 Å². The van der Waals surface area contributed by atoms with Crippen LogP contribution in [0, 0.1) is 0 Å². The highest BCUT2D eigenvalue weighted by molar-refractivity contribution is 6.30. The third kappa shape index (κ3) is 4.96. The topological polar surface area (TPSA) is 107 Å². The van der Waals surface area contributed by atoms with Gasteiger partial charge in [-0.05, 0) is 31.0 Å². The van der Waals surface area contributed by atoms with E-state index in [0.29, 0.717) is 23.0 Å². The van der Waals surface area contributed by atoms with Gasteiger partial charge in [-0.3, -0.25) is 14.3 Å². The van der Waals surface area contributed by atoms with Gasteiger partial charge in [-0.15, -0.1) is 10.2 Å². The molecule has 0 saturated heterocycles. The van der Waals surface area contributed by atoms with Gasteiger partial charge in [-0.2, -0.15) is 4.98 Å². The summed E-state index contributed by atoms with van der Waals surface area (Å²) in [6.45, 7) is 3.99. The Balaban J connectivity index is 1.75. The van der Waals surface area contributed by atoms with Crippen LogP contribution in [-0.4, -0.2) is 29.8 Å². The summed E-state index contributed by atoms with van der Waals surface area (Å²) < 4.78 is 7.32. The van der Waals surface area contributed by atoms with Crippen molar-refractivity contribution < 1.29 is 9.52 Å². The second-order valence-electron chi connectivity index (χ2n) is 7.74. The minimum Gasteiger partial charge on any atom is -0.493 e. The normalized spacial score (nSPS) is 12.1. The van der Waals surface area contributed by atoms with E-state index in [0.717, 1.165) is 18.4 Å². The molecule has 8 nitrogen and oxygen atoms in total. The number of aromatic hydroxyl groups is 1. The van der Waals surface area contributed by atoms with E-state index in [2.05, 4.69) is 27.1 Å². The average Bonchev–Trinajstić information content (AvgIpc) is 3.27. The first-order chi connectivity index (χ1) is 16.0. The zero-order valence-electron chi connectivity index (χ0n) is 18.4. The maximum atomic E-state index is 13.6. The number of benzene rings is 1. The van der Waals surface area contributed by atoms with E-state index in [9.17, 15) is 9.90 Å². The number of aryl methyl sites for hydroxylation is 1. The van der Waals surface area contributed by atoms with Crippen LogP contribution in [0.15, 0.2) is 57.9 Å². The van der Waals surface area contributed by atoms with Crippen LogP contribution in [0.2, 0.25) is 5.02 Å². The van der Waals surface area contributed by atoms with Crippen LogP contribution in [-0.2, 0) is 12.8 Å². The first kappa shape index (κ1) is 22.7. The minimum atomic E-state index is -0.426. The zero-order chi connectivity index (χ0) is 23.4. The van der Waals surface area contributed by atoms with Gasteiger partial charge in [0.2, 0.25) is 11.8 Å². The van der Waals surface area contributed by atoms with Crippen LogP contribution in [0.1, 0.15) is 55.7 Å². The number of nitrogens with zero attached hydrogens (tertiary/aromatic N) is 5. The van der Waals surface area contributed by atoms with Gasteiger partial charge in [0, 0.05) is 18.3 Å². The fourth-order valence-electron chi connectivity index (χ4n) is 3.64. The second kappa shape index (κ2) is 9.95. The first-order valence-electron chi connectivity index (χ1n) is 10.8. The van der Waals surface area contributed by atoms with Crippen molar-refractivity contribution in [1.82, 2.24) is 24.7 Å². The van der Waals surface area contributed by atoms with Crippen molar-refractivity contribution in [3.63, 3.8) is 0 Å². The second-order valence-corrected chi connectivity index (χ2v) is 8.17. The van der Waals surface area contributed by atoms with Crippen LogP contribution >= 0.6 is 11.6 Å². The number of hydrogen-bond donors (Lipinski definition) is 1. The molecule has 0 unspecified atom stereocenters. The Bertz CT molecular complexity index is 1290. The molecule has 4 aromatic rings. The zero-order valence-corrected chi connectivity index (χ0v) is 19.2. The summed E-state index contributed by atoms with van der Waals surface area (Å²) in [6, 6.07) is 12.9. The Kier molecular flexibility index (Phi) is 6.84. The third-order valence-corrected chi connectivity index (χ3v) is 5.62. The molecular formula is C24H24ClN5O3. The monoisotopic (exact) mass is 465 g/mol. The van der Waals surface area contributed by atoms with Gasteiger partial charge in [0.15, 0.2) is 5.56 Å². The van der Waals surface area contributed by atoms with E-state index < -0.39 is 11.4 Å². The highest BCUT2D eigenvalue weighted by Gasteiger charge is 2.25. The summed E-state index contributed by atoms with van der Waals surface area (Å²) in [7, 11) is 0. The summed E-state index contributed by atoms with van der Waals surface area (Å²) >= 11 is 5.88. The van der Waals surface area contributed by atoms with E-state index >= 15 is 0 Å². The Hall–Kier alpha value is -3.52. The molecule has 0 fully saturated rings. The van der Waals surface area contributed by atoms with Crippen molar-refractivity contribution in [2.45, 2.75) is 45.6 Å². The molecule has 0 aliphatic carbocycles. The largest absolute Gasteiger partial charge is 0.493 e. The van der Waals surface area contributed by atoms with Gasteiger partial charge in [0.1, 0.15) is 5.82 Å². The Morgan fingerprint density at radius 3 is 2.64 bits per heavy atom. The third-order valence-electron chi connectivity index (χ3n) is 5.39. The molecule has 3 aromatic heterocycles. The van der Waals surface area contributed by atoms with Gasteiger partial charge in [0.05, 0.1) is 17.5 Å². The van der Waals surface area contributed by atoms with E-state index in [1.807, 2.05) is 37.3 Å². The van der Waals surface area contributed by atoms with Crippen molar-refractivity contribution in [3.05, 3.63) is 87.0 Å². The number of rotatable bonds is 8. The highest BCUT2D eigenvalue weighted by Crippen LogP contribution is 2.27. The summed E-state index contributed by atoms with van der Waals surface area (Å²) in [5, 5.41) is 19.2. The summed E-state index contributed by atoms with van der Waals surface area (Å²) in [5.41, 5.74) is 1.10. The van der Waals surface area contributed by atoms with E-state index in [-0.39, 0.29) is 29.8 Å². The number of pyridine rings is 1. The first-order valence-corrected chi connectivity index (χ1v) is 11.2. The lowest BCUT2D eigenvalue weighted by Gasteiger charge is -2.20. The molecule has 9 heteroatoms. The quantitative estimate of drug-likeness (QED) is 0.405. The number of aromatic nitrogens is 5. The van der Waals surface area contributed by atoms with Gasteiger partial charge < -0.3 is 9.52 Å². The van der Waals surface area contributed by atoms with Gasteiger partial charge in [0.25, 0.3) is 11.4 Å². The highest BCUT2D eigenvalue weighted by atomic mass is 35.5. The molecule has 1 N–H and O–H groups in total. The van der Waals surface area contributed by atoms with Crippen LogP contribution in [0.3, 0.4) is 0 Å². The van der Waals surface area contributed by atoms with Crippen molar-refractivity contribution in [2.24, 2.45) is 0 Å². The van der Waals surface area contributed by atoms with Crippen molar-refractivity contribution >= 4 is 11.6 Å². The molecule has 1 aromatic carbocycles. The number of unbranched alkanes of at least 4 members (excludes halogenated alkanes) is 1. The van der Waals surface area contributed by atoms with E-state index in [1.165, 1.54) is 6.20 Å². The molecule has 0 amide bonds. The van der Waals surface area contributed by atoms with Crippen LogP contribution in [0.5, 0.6) is 5.88 Å². The number of hydrogen-bond acceptors (Lipinski definition) is 7. The minimum absolute atomic E-state index is 0.0787. The summed E-state index contributed by atoms with van der Waals surface area (Å²) in [5.74, 6) is 0.286. The fourth-order valence-corrected chi connectivity index (χ4v) is 3.75. The maximum absolute atomic E-state index is 13.6. The molecule has 170 valence electrons. The maximum Gasteiger partial charge on any atom is 0.270 e. The Morgan fingerprint density at radius 1 is 1.15 bits per heavy atom. The fraction of sp³-hybridized carbons (Fsp3) is 0.292. The Labute approximate surface area is 195 Å². The molecule has 0 aliphatic rings. The molecule has 0 aliphatic heterocycles. The SMILES string of the molecule is CCCCc1nc(O)c(-c2nnc(Cc3ccc(Cl)cn3)o2)c(=O)n1[C@H](C)c1ccccc1.